The van der Waals surface area contributed by atoms with E-state index in [0.29, 0.717) is 34.5 Å². The summed E-state index contributed by atoms with van der Waals surface area (Å²) in [4.78, 5) is 22.1. The van der Waals surface area contributed by atoms with Crippen molar-refractivity contribution in [3.8, 4) is 0 Å². The molecule has 1 amide bonds. The molecule has 0 saturated carbocycles. The zero-order valence-electron chi connectivity index (χ0n) is 16.6. The number of nitrogens with zero attached hydrogens (tertiary/aromatic N) is 7. The van der Waals surface area contributed by atoms with Crippen molar-refractivity contribution in [1.82, 2.24) is 34.3 Å². The lowest BCUT2D eigenvalue weighted by Gasteiger charge is -2.13. The summed E-state index contributed by atoms with van der Waals surface area (Å²) in [5, 5.41) is 16.4. The Morgan fingerprint density at radius 2 is 2.13 bits per heavy atom. The third-order valence-electron chi connectivity index (χ3n) is 4.68. The maximum Gasteiger partial charge on any atom is 0.252 e. The third-order valence-corrected chi connectivity index (χ3v) is 6.04. The molecule has 0 bridgehead atoms. The van der Waals surface area contributed by atoms with Crippen molar-refractivity contribution >= 4 is 40.7 Å². The maximum absolute atomic E-state index is 12.7. The molecule has 0 radical (unpaired) electrons. The standard InChI is InChI=1S/C19H19ClN8OS/c1-11-14(12(2)28-18(24-11)21-9-23-28)5-7-17(29)25-15-8-13(20)4-6-16(15)30-19-26-22-10-27(19)3/h4,6,8-10H,5,7H2,1-3H3,(H,25,29). The van der Waals surface area contributed by atoms with E-state index in [0.717, 1.165) is 21.8 Å². The summed E-state index contributed by atoms with van der Waals surface area (Å²) in [6.07, 6.45) is 3.94. The first kappa shape index (κ1) is 20.3. The molecule has 1 aromatic carbocycles. The highest BCUT2D eigenvalue weighted by Gasteiger charge is 2.15. The molecule has 4 rings (SSSR count). The van der Waals surface area contributed by atoms with E-state index in [1.165, 1.54) is 18.1 Å². The number of rotatable bonds is 6. The molecule has 1 N–H and O–H groups in total. The lowest BCUT2D eigenvalue weighted by Crippen LogP contribution is -2.15. The number of amides is 1. The van der Waals surface area contributed by atoms with E-state index in [2.05, 4.69) is 30.6 Å². The lowest BCUT2D eigenvalue weighted by molar-refractivity contribution is -0.116. The summed E-state index contributed by atoms with van der Waals surface area (Å²) >= 11 is 7.56. The van der Waals surface area contributed by atoms with Crippen LogP contribution in [-0.4, -0.2) is 40.3 Å². The molecule has 0 aliphatic carbocycles. The van der Waals surface area contributed by atoms with Gasteiger partial charge in [-0.1, -0.05) is 11.6 Å². The second kappa shape index (κ2) is 8.41. The van der Waals surface area contributed by atoms with Gasteiger partial charge in [0.1, 0.15) is 12.7 Å². The molecule has 0 aliphatic heterocycles. The van der Waals surface area contributed by atoms with E-state index in [-0.39, 0.29) is 5.91 Å². The molecule has 0 unspecified atom stereocenters. The van der Waals surface area contributed by atoms with Crippen LogP contribution in [0.15, 0.2) is 40.9 Å². The maximum atomic E-state index is 12.7. The van der Waals surface area contributed by atoms with Crippen molar-refractivity contribution in [3.63, 3.8) is 0 Å². The van der Waals surface area contributed by atoms with Crippen molar-refractivity contribution in [1.29, 1.82) is 0 Å². The largest absolute Gasteiger partial charge is 0.325 e. The third kappa shape index (κ3) is 4.14. The van der Waals surface area contributed by atoms with Crippen LogP contribution in [0.5, 0.6) is 0 Å². The predicted molar refractivity (Wildman–Crippen MR) is 114 cm³/mol. The molecule has 154 valence electrons. The topological polar surface area (TPSA) is 103 Å². The van der Waals surface area contributed by atoms with E-state index in [4.69, 9.17) is 11.6 Å². The highest BCUT2D eigenvalue weighted by molar-refractivity contribution is 7.99. The van der Waals surface area contributed by atoms with Crippen LogP contribution >= 0.6 is 23.4 Å². The Kier molecular flexibility index (Phi) is 5.69. The van der Waals surface area contributed by atoms with Crippen molar-refractivity contribution in [2.45, 2.75) is 36.7 Å². The summed E-state index contributed by atoms with van der Waals surface area (Å²) in [6, 6.07) is 5.37. The molecule has 0 spiro atoms. The number of anilines is 1. The first-order chi connectivity index (χ1) is 14.4. The fraction of sp³-hybridized carbons (Fsp3) is 0.263. The highest BCUT2D eigenvalue weighted by atomic mass is 35.5. The number of nitrogens with one attached hydrogen (secondary N) is 1. The Morgan fingerprint density at radius 1 is 1.30 bits per heavy atom. The minimum absolute atomic E-state index is 0.116. The zero-order valence-corrected chi connectivity index (χ0v) is 18.2. The van der Waals surface area contributed by atoms with Gasteiger partial charge in [0.25, 0.3) is 5.78 Å². The first-order valence-corrected chi connectivity index (χ1v) is 10.4. The van der Waals surface area contributed by atoms with Crippen molar-refractivity contribution in [2.24, 2.45) is 7.05 Å². The molecular weight excluding hydrogens is 424 g/mol. The summed E-state index contributed by atoms with van der Waals surface area (Å²) in [5.74, 6) is 0.442. The van der Waals surface area contributed by atoms with Crippen LogP contribution in [-0.2, 0) is 18.3 Å². The summed E-state index contributed by atoms with van der Waals surface area (Å²) < 4.78 is 3.50. The van der Waals surface area contributed by atoms with Gasteiger partial charge in [0.15, 0.2) is 5.16 Å². The molecule has 0 aliphatic rings. The normalized spacial score (nSPS) is 11.2. The van der Waals surface area contributed by atoms with Crippen LogP contribution in [0.3, 0.4) is 0 Å². The van der Waals surface area contributed by atoms with Crippen LogP contribution < -0.4 is 5.32 Å². The minimum atomic E-state index is -0.116. The number of hydrogen-bond donors (Lipinski definition) is 1. The van der Waals surface area contributed by atoms with Gasteiger partial charge in [-0.3, -0.25) is 4.79 Å². The van der Waals surface area contributed by atoms with Crippen molar-refractivity contribution in [3.05, 3.63) is 52.8 Å². The van der Waals surface area contributed by atoms with Gasteiger partial charge in [0.2, 0.25) is 5.91 Å². The van der Waals surface area contributed by atoms with Gasteiger partial charge in [-0.2, -0.15) is 10.1 Å². The van der Waals surface area contributed by atoms with Gasteiger partial charge in [-0.05, 0) is 55.8 Å². The summed E-state index contributed by atoms with van der Waals surface area (Å²) in [5.41, 5.74) is 3.41. The van der Waals surface area contributed by atoms with Crippen LogP contribution in [0.2, 0.25) is 5.02 Å². The summed E-state index contributed by atoms with van der Waals surface area (Å²) in [6.45, 7) is 3.87. The van der Waals surface area contributed by atoms with Crippen LogP contribution in [0, 0.1) is 13.8 Å². The second-order valence-corrected chi connectivity index (χ2v) is 8.19. The molecule has 9 nitrogen and oxygen atoms in total. The molecule has 4 aromatic rings. The van der Waals surface area contributed by atoms with Gasteiger partial charge >= 0.3 is 0 Å². The molecular formula is C19H19ClN8OS. The number of halogens is 1. The Labute approximate surface area is 181 Å². The Bertz CT molecular complexity index is 1230. The molecule has 3 heterocycles. The van der Waals surface area contributed by atoms with E-state index >= 15 is 0 Å². The minimum Gasteiger partial charge on any atom is -0.325 e. The van der Waals surface area contributed by atoms with Gasteiger partial charge < -0.3 is 9.88 Å². The second-order valence-electron chi connectivity index (χ2n) is 6.75. The number of aryl methyl sites for hydroxylation is 3. The van der Waals surface area contributed by atoms with Gasteiger partial charge in [0.05, 0.1) is 5.69 Å². The first-order valence-electron chi connectivity index (χ1n) is 9.19. The van der Waals surface area contributed by atoms with E-state index in [9.17, 15) is 4.79 Å². The van der Waals surface area contributed by atoms with Crippen LogP contribution in [0.4, 0.5) is 5.69 Å². The van der Waals surface area contributed by atoms with E-state index < -0.39 is 0 Å². The molecule has 11 heteroatoms. The van der Waals surface area contributed by atoms with Crippen molar-refractivity contribution in [2.75, 3.05) is 5.32 Å². The van der Waals surface area contributed by atoms with Crippen molar-refractivity contribution < 1.29 is 4.79 Å². The monoisotopic (exact) mass is 442 g/mol. The average Bonchev–Trinajstić information content (AvgIpc) is 3.33. The number of benzene rings is 1. The molecule has 0 fully saturated rings. The number of carbonyl (C=O) groups excluding carboxylic acids is 1. The molecule has 0 atom stereocenters. The van der Waals surface area contributed by atoms with E-state index in [1.54, 1.807) is 23.0 Å². The predicted octanol–water partition coefficient (Wildman–Crippen LogP) is 3.25. The number of aromatic nitrogens is 7. The lowest BCUT2D eigenvalue weighted by atomic mass is 10.1. The highest BCUT2D eigenvalue weighted by Crippen LogP contribution is 2.34. The Morgan fingerprint density at radius 3 is 2.90 bits per heavy atom. The van der Waals surface area contributed by atoms with Gasteiger partial charge in [0, 0.05) is 34.8 Å². The number of hydrogen-bond acceptors (Lipinski definition) is 7. The number of carbonyl (C=O) groups is 1. The van der Waals surface area contributed by atoms with Gasteiger partial charge in [-0.25, -0.2) is 9.50 Å². The zero-order chi connectivity index (χ0) is 21.3. The van der Waals surface area contributed by atoms with Crippen LogP contribution in [0.1, 0.15) is 23.4 Å². The van der Waals surface area contributed by atoms with Gasteiger partial charge in [-0.15, -0.1) is 10.2 Å². The molecule has 0 saturated heterocycles. The van der Waals surface area contributed by atoms with Crippen LogP contribution in [0.25, 0.3) is 5.78 Å². The smallest absolute Gasteiger partial charge is 0.252 e. The fourth-order valence-electron chi connectivity index (χ4n) is 3.12. The Balaban J connectivity index is 1.49. The summed E-state index contributed by atoms with van der Waals surface area (Å²) in [7, 11) is 1.86. The average molecular weight is 443 g/mol. The molecule has 30 heavy (non-hydrogen) atoms. The number of fused-ring (bicyclic) bond motifs is 1. The quantitative estimate of drug-likeness (QED) is 0.488. The Hall–Kier alpha value is -2.98. The SMILES string of the molecule is Cc1nc2ncnn2c(C)c1CCC(=O)Nc1cc(Cl)ccc1Sc1nncn1C. The molecule has 3 aromatic heterocycles. The van der Waals surface area contributed by atoms with E-state index in [1.807, 2.05) is 31.5 Å². The fourth-order valence-corrected chi connectivity index (χ4v) is 4.12.